The Bertz CT molecular complexity index is 984. The zero-order valence-electron chi connectivity index (χ0n) is 17.9. The number of nitrogens with zero attached hydrogens (tertiary/aromatic N) is 3. The molecule has 0 bridgehead atoms. The molecule has 2 aromatic carbocycles. The molecule has 0 fully saturated rings. The molecular weight excluding hydrogens is 394 g/mol. The number of non-ortho nitro benzene ring substituents is 1. The standard InChI is InChI=1S/C24H27N3O4/c1-3-4-5-9-16-26-23(28)21(19-12-14-20(15-13-19)27(30)31)22(24(26)29)25(2)17-18-10-7-6-8-11-18/h6-8,10-15H,3-5,9,16-17H2,1-2H3. The van der Waals surface area contributed by atoms with Crippen LogP contribution in [-0.2, 0) is 16.1 Å². The fourth-order valence-corrected chi connectivity index (χ4v) is 3.76. The maximum Gasteiger partial charge on any atom is 0.277 e. The van der Waals surface area contributed by atoms with Gasteiger partial charge in [0, 0.05) is 32.3 Å². The second-order valence-electron chi connectivity index (χ2n) is 7.69. The maximum absolute atomic E-state index is 13.3. The minimum Gasteiger partial charge on any atom is -0.365 e. The average Bonchev–Trinajstić information content (AvgIpc) is 3.02. The van der Waals surface area contributed by atoms with E-state index in [0.29, 0.717) is 29.9 Å². The van der Waals surface area contributed by atoms with Gasteiger partial charge in [0.15, 0.2) is 0 Å². The molecule has 2 aromatic rings. The number of nitro groups is 1. The van der Waals surface area contributed by atoms with Crippen LogP contribution in [0, 0.1) is 10.1 Å². The number of rotatable bonds is 10. The number of carbonyl (C=O) groups is 2. The molecule has 1 aliphatic rings. The van der Waals surface area contributed by atoms with Gasteiger partial charge in [0.2, 0.25) is 0 Å². The average molecular weight is 421 g/mol. The molecule has 31 heavy (non-hydrogen) atoms. The number of likely N-dealkylation sites (N-methyl/N-ethyl adjacent to an activating group) is 1. The van der Waals surface area contributed by atoms with Gasteiger partial charge in [-0.2, -0.15) is 0 Å². The summed E-state index contributed by atoms with van der Waals surface area (Å²) in [5, 5.41) is 11.0. The Hall–Kier alpha value is -3.48. The number of nitro benzene ring substituents is 1. The molecule has 3 rings (SSSR count). The van der Waals surface area contributed by atoms with Gasteiger partial charge in [0.05, 0.1) is 10.5 Å². The summed E-state index contributed by atoms with van der Waals surface area (Å²) in [5.74, 6) is -0.654. The molecule has 0 aromatic heterocycles. The van der Waals surface area contributed by atoms with E-state index in [1.165, 1.54) is 29.2 Å². The minimum absolute atomic E-state index is 0.0586. The Balaban J connectivity index is 1.94. The summed E-state index contributed by atoms with van der Waals surface area (Å²) < 4.78 is 0. The van der Waals surface area contributed by atoms with Crippen LogP contribution in [0.4, 0.5) is 5.69 Å². The molecule has 162 valence electrons. The van der Waals surface area contributed by atoms with E-state index in [4.69, 9.17) is 0 Å². The van der Waals surface area contributed by atoms with E-state index in [2.05, 4.69) is 6.92 Å². The predicted molar refractivity (Wildman–Crippen MR) is 119 cm³/mol. The highest BCUT2D eigenvalue weighted by atomic mass is 16.6. The number of amides is 2. The van der Waals surface area contributed by atoms with Crippen molar-refractivity contribution in [3.63, 3.8) is 0 Å². The van der Waals surface area contributed by atoms with Gasteiger partial charge in [-0.05, 0) is 29.7 Å². The number of hydrogen-bond donors (Lipinski definition) is 0. The van der Waals surface area contributed by atoms with Crippen molar-refractivity contribution in [1.29, 1.82) is 0 Å². The molecule has 0 radical (unpaired) electrons. The number of unbranched alkanes of at least 4 members (excludes halogenated alkanes) is 3. The Morgan fingerprint density at radius 2 is 1.61 bits per heavy atom. The van der Waals surface area contributed by atoms with E-state index in [9.17, 15) is 19.7 Å². The predicted octanol–water partition coefficient (Wildman–Crippen LogP) is 4.39. The van der Waals surface area contributed by atoms with Crippen molar-refractivity contribution in [2.45, 2.75) is 39.2 Å². The lowest BCUT2D eigenvalue weighted by Gasteiger charge is -2.21. The first-order chi connectivity index (χ1) is 14.9. The zero-order chi connectivity index (χ0) is 22.4. The van der Waals surface area contributed by atoms with Crippen LogP contribution in [0.3, 0.4) is 0 Å². The Kier molecular flexibility index (Phi) is 7.18. The summed E-state index contributed by atoms with van der Waals surface area (Å²) in [5.41, 5.74) is 2.10. The van der Waals surface area contributed by atoms with Gasteiger partial charge in [-0.3, -0.25) is 24.6 Å². The first kappa shape index (κ1) is 22.2. The Morgan fingerprint density at radius 3 is 2.23 bits per heavy atom. The van der Waals surface area contributed by atoms with Crippen molar-refractivity contribution in [3.8, 4) is 0 Å². The summed E-state index contributed by atoms with van der Waals surface area (Å²) in [7, 11) is 1.79. The third-order valence-electron chi connectivity index (χ3n) is 5.39. The topological polar surface area (TPSA) is 83.8 Å². The van der Waals surface area contributed by atoms with Crippen LogP contribution in [-0.4, -0.2) is 40.1 Å². The number of hydrogen-bond acceptors (Lipinski definition) is 5. The van der Waals surface area contributed by atoms with Gasteiger partial charge in [-0.25, -0.2) is 0 Å². The fourth-order valence-electron chi connectivity index (χ4n) is 3.76. The number of imide groups is 1. The summed E-state index contributed by atoms with van der Waals surface area (Å²) in [4.78, 5) is 40.1. The summed E-state index contributed by atoms with van der Waals surface area (Å²) in [6.45, 7) is 2.95. The molecule has 0 N–H and O–H groups in total. The number of carbonyl (C=O) groups excluding carboxylic acids is 2. The SMILES string of the molecule is CCCCCCN1C(=O)C(c2ccc([N+](=O)[O-])cc2)=C(N(C)Cc2ccccc2)C1=O. The monoisotopic (exact) mass is 421 g/mol. The van der Waals surface area contributed by atoms with Gasteiger partial charge in [0.1, 0.15) is 5.70 Å². The second-order valence-corrected chi connectivity index (χ2v) is 7.69. The van der Waals surface area contributed by atoms with E-state index in [0.717, 1.165) is 31.2 Å². The molecular formula is C24H27N3O4. The first-order valence-electron chi connectivity index (χ1n) is 10.5. The lowest BCUT2D eigenvalue weighted by molar-refractivity contribution is -0.384. The lowest BCUT2D eigenvalue weighted by atomic mass is 10.0. The van der Waals surface area contributed by atoms with E-state index < -0.39 is 4.92 Å². The highest BCUT2D eigenvalue weighted by Gasteiger charge is 2.40. The molecule has 0 aliphatic carbocycles. The van der Waals surface area contributed by atoms with Crippen molar-refractivity contribution in [2.75, 3.05) is 13.6 Å². The van der Waals surface area contributed by atoms with Crippen molar-refractivity contribution in [2.24, 2.45) is 0 Å². The highest BCUT2D eigenvalue weighted by Crippen LogP contribution is 2.32. The lowest BCUT2D eigenvalue weighted by Crippen LogP contribution is -2.34. The molecule has 0 unspecified atom stereocenters. The van der Waals surface area contributed by atoms with Crippen LogP contribution in [0.2, 0.25) is 0 Å². The van der Waals surface area contributed by atoms with Crippen LogP contribution in [0.15, 0.2) is 60.3 Å². The molecule has 0 saturated heterocycles. The minimum atomic E-state index is -0.484. The molecule has 1 aliphatic heterocycles. The van der Waals surface area contributed by atoms with E-state index in [1.54, 1.807) is 11.9 Å². The smallest absolute Gasteiger partial charge is 0.277 e. The quantitative estimate of drug-likeness (QED) is 0.246. The van der Waals surface area contributed by atoms with Crippen LogP contribution in [0.5, 0.6) is 0 Å². The van der Waals surface area contributed by atoms with E-state index >= 15 is 0 Å². The summed E-state index contributed by atoms with van der Waals surface area (Å²) >= 11 is 0. The zero-order valence-corrected chi connectivity index (χ0v) is 17.9. The Labute approximate surface area is 182 Å². The van der Waals surface area contributed by atoms with Crippen molar-refractivity contribution < 1.29 is 14.5 Å². The molecule has 0 atom stereocenters. The normalized spacial score (nSPS) is 13.8. The van der Waals surface area contributed by atoms with E-state index in [1.807, 2.05) is 30.3 Å². The molecule has 2 amide bonds. The van der Waals surface area contributed by atoms with Gasteiger partial charge >= 0.3 is 0 Å². The summed E-state index contributed by atoms with van der Waals surface area (Å²) in [6.07, 6.45) is 3.84. The highest BCUT2D eigenvalue weighted by molar-refractivity contribution is 6.35. The fraction of sp³-hybridized carbons (Fsp3) is 0.333. The molecule has 1 heterocycles. The van der Waals surface area contributed by atoms with Crippen LogP contribution in [0.25, 0.3) is 5.57 Å². The third kappa shape index (κ3) is 4.99. The Morgan fingerprint density at radius 1 is 0.935 bits per heavy atom. The van der Waals surface area contributed by atoms with Crippen LogP contribution in [0.1, 0.15) is 43.7 Å². The number of benzene rings is 2. The third-order valence-corrected chi connectivity index (χ3v) is 5.39. The molecule has 7 heteroatoms. The summed E-state index contributed by atoms with van der Waals surface area (Å²) in [6, 6.07) is 15.5. The van der Waals surface area contributed by atoms with Crippen LogP contribution < -0.4 is 0 Å². The van der Waals surface area contributed by atoms with Crippen molar-refractivity contribution >= 4 is 23.1 Å². The van der Waals surface area contributed by atoms with Gasteiger partial charge in [0.25, 0.3) is 17.5 Å². The largest absolute Gasteiger partial charge is 0.365 e. The van der Waals surface area contributed by atoms with Crippen molar-refractivity contribution in [3.05, 3.63) is 81.5 Å². The second kappa shape index (κ2) is 10.0. The van der Waals surface area contributed by atoms with Crippen molar-refractivity contribution in [1.82, 2.24) is 9.80 Å². The van der Waals surface area contributed by atoms with Gasteiger partial charge in [-0.1, -0.05) is 56.5 Å². The molecule has 0 saturated carbocycles. The molecule has 7 nitrogen and oxygen atoms in total. The van der Waals surface area contributed by atoms with E-state index in [-0.39, 0.29) is 17.5 Å². The maximum atomic E-state index is 13.3. The first-order valence-corrected chi connectivity index (χ1v) is 10.5. The molecule has 0 spiro atoms. The van der Waals surface area contributed by atoms with Crippen LogP contribution >= 0.6 is 0 Å². The van der Waals surface area contributed by atoms with Gasteiger partial charge < -0.3 is 4.90 Å². The van der Waals surface area contributed by atoms with Gasteiger partial charge in [-0.15, -0.1) is 0 Å².